The molecule has 2 rings (SSSR count). The van der Waals surface area contributed by atoms with Crippen LogP contribution in [0.15, 0.2) is 42.5 Å². The number of amides is 2. The van der Waals surface area contributed by atoms with E-state index in [-0.39, 0.29) is 18.4 Å². The van der Waals surface area contributed by atoms with Gasteiger partial charge in [-0.2, -0.15) is 0 Å². The summed E-state index contributed by atoms with van der Waals surface area (Å²) in [6.07, 6.45) is 0. The zero-order chi connectivity index (χ0) is 21.6. The van der Waals surface area contributed by atoms with Crippen molar-refractivity contribution in [1.82, 2.24) is 0 Å². The SMILES string of the molecule is CCN(CC)c1ccc(N(CC(=O)Nc2c(C)cccc2C(C)C)C(C)=O)cc1. The number of nitrogens with one attached hydrogen (secondary N) is 1. The monoisotopic (exact) mass is 395 g/mol. The van der Waals surface area contributed by atoms with Crippen LogP contribution in [0.1, 0.15) is 51.7 Å². The Hall–Kier alpha value is -2.82. The second-order valence-corrected chi connectivity index (χ2v) is 7.54. The zero-order valence-corrected chi connectivity index (χ0v) is 18.5. The van der Waals surface area contributed by atoms with Gasteiger partial charge in [-0.1, -0.05) is 32.0 Å². The molecule has 0 spiro atoms. The van der Waals surface area contributed by atoms with E-state index in [2.05, 4.69) is 37.9 Å². The summed E-state index contributed by atoms with van der Waals surface area (Å²) in [5.41, 5.74) is 4.78. The molecule has 0 aromatic heterocycles. The lowest BCUT2D eigenvalue weighted by atomic mass is 9.98. The van der Waals surface area contributed by atoms with E-state index < -0.39 is 0 Å². The Morgan fingerprint density at radius 3 is 2.07 bits per heavy atom. The molecule has 0 atom stereocenters. The van der Waals surface area contributed by atoms with Crippen LogP contribution in [0.25, 0.3) is 0 Å². The van der Waals surface area contributed by atoms with E-state index in [9.17, 15) is 9.59 Å². The topological polar surface area (TPSA) is 52.6 Å². The third-order valence-electron chi connectivity index (χ3n) is 5.16. The molecule has 0 heterocycles. The molecule has 0 saturated heterocycles. The number of para-hydroxylation sites is 1. The van der Waals surface area contributed by atoms with Gasteiger partial charge in [-0.25, -0.2) is 0 Å². The summed E-state index contributed by atoms with van der Waals surface area (Å²) in [6.45, 7) is 13.7. The van der Waals surface area contributed by atoms with E-state index in [1.54, 1.807) is 0 Å². The Morgan fingerprint density at radius 2 is 1.55 bits per heavy atom. The molecule has 0 aliphatic heterocycles. The van der Waals surface area contributed by atoms with Gasteiger partial charge in [0.2, 0.25) is 11.8 Å². The Labute approximate surface area is 174 Å². The fraction of sp³-hybridized carbons (Fsp3) is 0.417. The molecule has 29 heavy (non-hydrogen) atoms. The number of benzene rings is 2. The normalized spacial score (nSPS) is 10.7. The Kier molecular flexibility index (Phi) is 7.82. The maximum atomic E-state index is 12.8. The molecule has 156 valence electrons. The van der Waals surface area contributed by atoms with Crippen LogP contribution in [-0.4, -0.2) is 31.4 Å². The first kappa shape index (κ1) is 22.5. The van der Waals surface area contributed by atoms with Crippen LogP contribution in [0.5, 0.6) is 0 Å². The highest BCUT2D eigenvalue weighted by Crippen LogP contribution is 2.27. The summed E-state index contributed by atoms with van der Waals surface area (Å²) in [5.74, 6) is -0.0736. The van der Waals surface area contributed by atoms with Crippen molar-refractivity contribution >= 4 is 28.9 Å². The number of carbonyl (C=O) groups excluding carboxylic acids is 2. The standard InChI is InChI=1S/C24H33N3O2/c1-7-26(8-2)20-12-14-21(15-13-20)27(19(6)28)16-23(29)25-24-18(5)10-9-11-22(24)17(3)4/h9-15,17H,7-8,16H2,1-6H3,(H,25,29). The van der Waals surface area contributed by atoms with Crippen LogP contribution in [-0.2, 0) is 9.59 Å². The minimum atomic E-state index is -0.204. The molecule has 0 radical (unpaired) electrons. The summed E-state index contributed by atoms with van der Waals surface area (Å²) >= 11 is 0. The molecule has 5 nitrogen and oxygen atoms in total. The van der Waals surface area contributed by atoms with Crippen molar-refractivity contribution in [3.05, 3.63) is 53.6 Å². The van der Waals surface area contributed by atoms with Gasteiger partial charge in [-0.3, -0.25) is 9.59 Å². The number of rotatable bonds is 8. The molecule has 0 aliphatic carbocycles. The van der Waals surface area contributed by atoms with Crippen molar-refractivity contribution in [1.29, 1.82) is 0 Å². The van der Waals surface area contributed by atoms with Crippen molar-refractivity contribution in [3.63, 3.8) is 0 Å². The number of anilines is 3. The van der Waals surface area contributed by atoms with Gasteiger partial charge in [0.05, 0.1) is 0 Å². The van der Waals surface area contributed by atoms with Crippen molar-refractivity contribution in [3.8, 4) is 0 Å². The molecule has 0 aliphatic rings. The lowest BCUT2D eigenvalue weighted by molar-refractivity contribution is -0.120. The highest BCUT2D eigenvalue weighted by molar-refractivity contribution is 6.02. The minimum Gasteiger partial charge on any atom is -0.372 e. The van der Waals surface area contributed by atoms with Gasteiger partial charge in [0, 0.05) is 37.1 Å². The third-order valence-corrected chi connectivity index (χ3v) is 5.16. The smallest absolute Gasteiger partial charge is 0.244 e. The molecule has 0 bridgehead atoms. The van der Waals surface area contributed by atoms with E-state index >= 15 is 0 Å². The van der Waals surface area contributed by atoms with E-state index in [0.717, 1.165) is 41.3 Å². The lowest BCUT2D eigenvalue weighted by Crippen LogP contribution is -2.37. The van der Waals surface area contributed by atoms with Gasteiger partial charge in [0.25, 0.3) is 0 Å². The predicted octanol–water partition coefficient (Wildman–Crippen LogP) is 4.96. The number of aryl methyl sites for hydroxylation is 1. The van der Waals surface area contributed by atoms with Crippen LogP contribution < -0.4 is 15.1 Å². The second kappa shape index (κ2) is 10.1. The van der Waals surface area contributed by atoms with Gasteiger partial charge < -0.3 is 15.1 Å². The molecule has 2 amide bonds. The second-order valence-electron chi connectivity index (χ2n) is 7.54. The van der Waals surface area contributed by atoms with Gasteiger partial charge in [0.15, 0.2) is 0 Å². The molecule has 1 N–H and O–H groups in total. The molecular weight excluding hydrogens is 362 g/mol. The summed E-state index contributed by atoms with van der Waals surface area (Å²) < 4.78 is 0. The first-order chi connectivity index (χ1) is 13.8. The summed E-state index contributed by atoms with van der Waals surface area (Å²) in [6, 6.07) is 13.8. The van der Waals surface area contributed by atoms with Crippen LogP contribution >= 0.6 is 0 Å². The van der Waals surface area contributed by atoms with E-state index in [4.69, 9.17) is 0 Å². The number of hydrogen-bond acceptors (Lipinski definition) is 3. The van der Waals surface area contributed by atoms with Crippen molar-refractivity contribution < 1.29 is 9.59 Å². The highest BCUT2D eigenvalue weighted by Gasteiger charge is 2.18. The molecule has 2 aromatic carbocycles. The first-order valence-electron chi connectivity index (χ1n) is 10.3. The van der Waals surface area contributed by atoms with Gasteiger partial charge in [0.1, 0.15) is 6.54 Å². The largest absolute Gasteiger partial charge is 0.372 e. The highest BCUT2D eigenvalue weighted by atomic mass is 16.2. The third kappa shape index (κ3) is 5.59. The van der Waals surface area contributed by atoms with E-state index in [1.165, 1.54) is 11.8 Å². The maximum absolute atomic E-state index is 12.8. The van der Waals surface area contributed by atoms with Crippen LogP contribution in [0.3, 0.4) is 0 Å². The fourth-order valence-corrected chi connectivity index (χ4v) is 3.48. The van der Waals surface area contributed by atoms with Crippen LogP contribution in [0.4, 0.5) is 17.1 Å². The average molecular weight is 396 g/mol. The molecule has 0 saturated carbocycles. The van der Waals surface area contributed by atoms with Gasteiger partial charge in [-0.05, 0) is 62.1 Å². The summed E-state index contributed by atoms with van der Waals surface area (Å²) in [4.78, 5) is 28.8. The van der Waals surface area contributed by atoms with Crippen molar-refractivity contribution in [2.24, 2.45) is 0 Å². The summed E-state index contributed by atoms with van der Waals surface area (Å²) in [5, 5.41) is 3.02. The number of hydrogen-bond donors (Lipinski definition) is 1. The van der Waals surface area contributed by atoms with Crippen molar-refractivity contribution in [2.75, 3.05) is 34.8 Å². The van der Waals surface area contributed by atoms with Gasteiger partial charge in [-0.15, -0.1) is 0 Å². The van der Waals surface area contributed by atoms with Gasteiger partial charge >= 0.3 is 0 Å². The molecular formula is C24H33N3O2. The van der Waals surface area contributed by atoms with E-state index in [1.807, 2.05) is 49.4 Å². The zero-order valence-electron chi connectivity index (χ0n) is 18.5. The molecule has 2 aromatic rings. The van der Waals surface area contributed by atoms with E-state index in [0.29, 0.717) is 5.92 Å². The minimum absolute atomic E-state index is 0.0220. The average Bonchev–Trinajstić information content (AvgIpc) is 2.69. The lowest BCUT2D eigenvalue weighted by Gasteiger charge is -2.24. The first-order valence-corrected chi connectivity index (χ1v) is 10.3. The Balaban J connectivity index is 2.20. The number of carbonyl (C=O) groups is 2. The maximum Gasteiger partial charge on any atom is 0.244 e. The predicted molar refractivity (Wildman–Crippen MR) is 122 cm³/mol. The van der Waals surface area contributed by atoms with Crippen molar-refractivity contribution in [2.45, 2.75) is 47.5 Å². The van der Waals surface area contributed by atoms with Crippen LogP contribution in [0, 0.1) is 6.92 Å². The summed E-state index contributed by atoms with van der Waals surface area (Å²) in [7, 11) is 0. The Morgan fingerprint density at radius 1 is 0.966 bits per heavy atom. The Bertz CT molecular complexity index is 840. The molecule has 0 fully saturated rings. The fourth-order valence-electron chi connectivity index (χ4n) is 3.48. The quantitative estimate of drug-likeness (QED) is 0.688. The van der Waals surface area contributed by atoms with Crippen LogP contribution in [0.2, 0.25) is 0 Å². The molecule has 0 unspecified atom stereocenters. The number of nitrogens with zero attached hydrogens (tertiary/aromatic N) is 2. The molecule has 5 heteroatoms.